The van der Waals surface area contributed by atoms with E-state index < -0.39 is 5.60 Å². The van der Waals surface area contributed by atoms with Crippen molar-refractivity contribution in [1.29, 1.82) is 0 Å². The first-order valence-electron chi connectivity index (χ1n) is 6.97. The summed E-state index contributed by atoms with van der Waals surface area (Å²) in [6.07, 6.45) is 7.81. The van der Waals surface area contributed by atoms with E-state index in [9.17, 15) is 5.11 Å². The zero-order valence-electron chi connectivity index (χ0n) is 13.5. The molecule has 120 valence electrons. The van der Waals surface area contributed by atoms with Gasteiger partial charge in [0.2, 0.25) is 5.75 Å². The van der Waals surface area contributed by atoms with E-state index in [1.165, 1.54) is 0 Å². The highest BCUT2D eigenvalue weighted by Gasteiger charge is 2.20. The second kappa shape index (κ2) is 8.29. The van der Waals surface area contributed by atoms with Gasteiger partial charge in [-0.15, -0.1) is 13.2 Å². The summed E-state index contributed by atoms with van der Waals surface area (Å²) in [6, 6.07) is 3.64. The maximum atomic E-state index is 10.5. The zero-order valence-corrected chi connectivity index (χ0v) is 13.5. The Labute approximate surface area is 132 Å². The van der Waals surface area contributed by atoms with Crippen molar-refractivity contribution in [3.05, 3.63) is 49.1 Å². The van der Waals surface area contributed by atoms with Gasteiger partial charge >= 0.3 is 0 Å². The molecule has 0 radical (unpaired) electrons. The van der Waals surface area contributed by atoms with Gasteiger partial charge in [-0.2, -0.15) is 0 Å². The summed E-state index contributed by atoms with van der Waals surface area (Å²) in [4.78, 5) is 0. The number of hydrogen-bond acceptors (Lipinski definition) is 4. The molecule has 0 aromatic heterocycles. The fourth-order valence-electron chi connectivity index (χ4n) is 2.17. The van der Waals surface area contributed by atoms with E-state index in [0.29, 0.717) is 30.1 Å². The quantitative estimate of drug-likeness (QED) is 0.708. The highest BCUT2D eigenvalue weighted by molar-refractivity contribution is 5.62. The topological polar surface area (TPSA) is 47.9 Å². The van der Waals surface area contributed by atoms with Gasteiger partial charge in [0.25, 0.3) is 0 Å². The fraction of sp³-hybridized carbons (Fsp3) is 0.333. The van der Waals surface area contributed by atoms with Gasteiger partial charge in [-0.25, -0.2) is 0 Å². The molecule has 0 saturated heterocycles. The van der Waals surface area contributed by atoms with E-state index in [2.05, 4.69) is 13.2 Å². The van der Waals surface area contributed by atoms with E-state index >= 15 is 0 Å². The number of ether oxygens (including phenoxy) is 3. The highest BCUT2D eigenvalue weighted by atomic mass is 16.5. The predicted molar refractivity (Wildman–Crippen MR) is 89.7 cm³/mol. The first-order chi connectivity index (χ1) is 10.5. The Morgan fingerprint density at radius 1 is 1.00 bits per heavy atom. The lowest BCUT2D eigenvalue weighted by molar-refractivity contribution is 0.0986. The van der Waals surface area contributed by atoms with Crippen molar-refractivity contribution in [2.45, 2.75) is 18.4 Å². The normalized spacial score (nSPS) is 11.3. The average Bonchev–Trinajstić information content (AvgIpc) is 2.52. The van der Waals surface area contributed by atoms with Crippen molar-refractivity contribution >= 4 is 6.08 Å². The van der Waals surface area contributed by atoms with Crippen LogP contribution >= 0.6 is 0 Å². The van der Waals surface area contributed by atoms with Crippen LogP contribution in [0.1, 0.15) is 18.4 Å². The molecule has 4 nitrogen and oxygen atoms in total. The summed E-state index contributed by atoms with van der Waals surface area (Å²) in [5, 5.41) is 10.5. The van der Waals surface area contributed by atoms with E-state index in [1.54, 1.807) is 39.6 Å². The minimum Gasteiger partial charge on any atom is -0.493 e. The van der Waals surface area contributed by atoms with Crippen molar-refractivity contribution in [2.24, 2.45) is 0 Å². The molecule has 0 saturated carbocycles. The molecule has 0 unspecified atom stereocenters. The van der Waals surface area contributed by atoms with Crippen molar-refractivity contribution in [3.8, 4) is 17.2 Å². The summed E-state index contributed by atoms with van der Waals surface area (Å²) >= 11 is 0. The van der Waals surface area contributed by atoms with Crippen LogP contribution in [0.5, 0.6) is 17.2 Å². The third-order valence-electron chi connectivity index (χ3n) is 3.27. The maximum Gasteiger partial charge on any atom is 0.203 e. The molecular formula is C18H24O4. The van der Waals surface area contributed by atoms with Crippen LogP contribution in [-0.2, 0) is 0 Å². The zero-order chi connectivity index (χ0) is 16.6. The van der Waals surface area contributed by atoms with Gasteiger partial charge in [0.15, 0.2) is 11.5 Å². The lowest BCUT2D eigenvalue weighted by Crippen LogP contribution is -2.23. The Morgan fingerprint density at radius 2 is 1.50 bits per heavy atom. The molecule has 1 aromatic rings. The molecule has 0 amide bonds. The molecule has 4 heteroatoms. The standard InChI is InChI=1S/C18H24O4/c1-6-9-18(19,10-7-2)11-8-14-12-15(20-3)17(22-5)16(13-14)21-4/h6-8,11-13,19H,1-2,9-10H2,3-5H3/b11-8+. The molecule has 0 spiro atoms. The van der Waals surface area contributed by atoms with Crippen molar-refractivity contribution in [1.82, 2.24) is 0 Å². The Bertz CT molecular complexity index is 511. The molecule has 1 N–H and O–H groups in total. The summed E-state index contributed by atoms with van der Waals surface area (Å²) in [5.74, 6) is 1.67. The molecule has 0 aliphatic rings. The van der Waals surface area contributed by atoms with Gasteiger partial charge in [0.05, 0.1) is 26.9 Å². The summed E-state index contributed by atoms with van der Waals surface area (Å²) in [5.41, 5.74) is -0.162. The van der Waals surface area contributed by atoms with E-state index in [-0.39, 0.29) is 0 Å². The number of methoxy groups -OCH3 is 3. The van der Waals surface area contributed by atoms with Crippen LogP contribution in [0.25, 0.3) is 6.08 Å². The van der Waals surface area contributed by atoms with Crippen molar-refractivity contribution < 1.29 is 19.3 Å². The second-order valence-electron chi connectivity index (χ2n) is 4.88. The molecule has 0 aliphatic heterocycles. The van der Waals surface area contributed by atoms with Gasteiger partial charge in [-0.05, 0) is 30.5 Å². The SMILES string of the molecule is C=CCC(O)(/C=C/c1cc(OC)c(OC)c(OC)c1)CC=C. The Morgan fingerprint density at radius 3 is 1.86 bits per heavy atom. The van der Waals surface area contributed by atoms with Gasteiger partial charge in [-0.1, -0.05) is 24.3 Å². The van der Waals surface area contributed by atoms with E-state index in [1.807, 2.05) is 18.2 Å². The molecule has 0 heterocycles. The largest absolute Gasteiger partial charge is 0.493 e. The Kier molecular flexibility index (Phi) is 6.73. The number of benzene rings is 1. The van der Waals surface area contributed by atoms with Crippen LogP contribution < -0.4 is 14.2 Å². The lowest BCUT2D eigenvalue weighted by atomic mass is 9.94. The van der Waals surface area contributed by atoms with Crippen molar-refractivity contribution in [2.75, 3.05) is 21.3 Å². The van der Waals surface area contributed by atoms with Crippen LogP contribution in [0.15, 0.2) is 43.5 Å². The molecule has 0 fully saturated rings. The number of rotatable bonds is 9. The maximum absolute atomic E-state index is 10.5. The van der Waals surface area contributed by atoms with Gasteiger partial charge in [0.1, 0.15) is 0 Å². The van der Waals surface area contributed by atoms with Crippen LogP contribution in [-0.4, -0.2) is 32.0 Å². The lowest BCUT2D eigenvalue weighted by Gasteiger charge is -2.21. The Hall–Kier alpha value is -2.20. The molecule has 0 aliphatic carbocycles. The smallest absolute Gasteiger partial charge is 0.203 e. The summed E-state index contributed by atoms with van der Waals surface area (Å²) < 4.78 is 15.9. The van der Waals surface area contributed by atoms with Crippen LogP contribution in [0, 0.1) is 0 Å². The average molecular weight is 304 g/mol. The van der Waals surface area contributed by atoms with Gasteiger partial charge in [-0.3, -0.25) is 0 Å². The Balaban J connectivity index is 3.18. The fourth-order valence-corrected chi connectivity index (χ4v) is 2.17. The first kappa shape index (κ1) is 17.9. The highest BCUT2D eigenvalue weighted by Crippen LogP contribution is 2.38. The summed E-state index contributed by atoms with van der Waals surface area (Å²) in [7, 11) is 4.69. The van der Waals surface area contributed by atoms with Crippen molar-refractivity contribution in [3.63, 3.8) is 0 Å². The van der Waals surface area contributed by atoms with Gasteiger partial charge < -0.3 is 19.3 Å². The second-order valence-corrected chi connectivity index (χ2v) is 4.88. The van der Waals surface area contributed by atoms with Gasteiger partial charge in [0, 0.05) is 0 Å². The first-order valence-corrected chi connectivity index (χ1v) is 6.97. The predicted octanol–water partition coefficient (Wildman–Crippen LogP) is 3.61. The molecule has 22 heavy (non-hydrogen) atoms. The summed E-state index contributed by atoms with van der Waals surface area (Å²) in [6.45, 7) is 7.35. The van der Waals surface area contributed by atoms with Crippen LogP contribution in [0.4, 0.5) is 0 Å². The van der Waals surface area contributed by atoms with E-state index in [4.69, 9.17) is 14.2 Å². The molecule has 1 aromatic carbocycles. The monoisotopic (exact) mass is 304 g/mol. The van der Waals surface area contributed by atoms with E-state index in [0.717, 1.165) is 5.56 Å². The minimum atomic E-state index is -0.996. The molecule has 0 atom stereocenters. The number of hydrogen-bond donors (Lipinski definition) is 1. The molecular weight excluding hydrogens is 280 g/mol. The molecule has 1 rings (SSSR count). The minimum absolute atomic E-state index is 0.444. The van der Waals surface area contributed by atoms with Crippen LogP contribution in [0.3, 0.4) is 0 Å². The third-order valence-corrected chi connectivity index (χ3v) is 3.27. The van der Waals surface area contributed by atoms with Crippen LogP contribution in [0.2, 0.25) is 0 Å². The third kappa shape index (κ3) is 4.40. The number of aliphatic hydroxyl groups is 1. The molecule has 0 bridgehead atoms.